The zero-order valence-electron chi connectivity index (χ0n) is 28.9. The Morgan fingerprint density at radius 1 is 0.844 bits per heavy atom. The molecule has 0 bridgehead atoms. The Hall–Kier alpha value is -1.02. The van der Waals surface area contributed by atoms with Gasteiger partial charge < -0.3 is 25.2 Å². The van der Waals surface area contributed by atoms with Gasteiger partial charge in [0.1, 0.15) is 31.1 Å². The van der Waals surface area contributed by atoms with Gasteiger partial charge >= 0.3 is 5.97 Å². The van der Waals surface area contributed by atoms with Crippen molar-refractivity contribution >= 4 is 5.97 Å². The number of fused-ring (bicyclic) bond motifs is 7. The van der Waals surface area contributed by atoms with E-state index >= 15 is 0 Å². The van der Waals surface area contributed by atoms with Crippen LogP contribution in [0.15, 0.2) is 11.6 Å². The van der Waals surface area contributed by atoms with E-state index in [4.69, 9.17) is 4.74 Å². The number of carboxylic acid groups (broad SMARTS) is 1. The lowest BCUT2D eigenvalue weighted by Gasteiger charge is -2.71. The highest BCUT2D eigenvalue weighted by Crippen LogP contribution is 2.76. The van der Waals surface area contributed by atoms with Crippen LogP contribution in [0.4, 0.5) is 4.39 Å². The molecule has 0 aromatic carbocycles. The van der Waals surface area contributed by atoms with Gasteiger partial charge in [-0.05, 0) is 128 Å². The summed E-state index contributed by atoms with van der Waals surface area (Å²) in [6.45, 7) is 16.3. The second-order valence-electron chi connectivity index (χ2n) is 18.7. The second kappa shape index (κ2) is 11.0. The Morgan fingerprint density at radius 2 is 1.51 bits per heavy atom. The third-order valence-electron chi connectivity index (χ3n) is 16.1. The molecule has 5 fully saturated rings. The topological polar surface area (TPSA) is 107 Å². The quantitative estimate of drug-likeness (QED) is 0.241. The molecule has 6 rings (SSSR count). The highest BCUT2D eigenvalue weighted by Gasteiger charge is 2.69. The van der Waals surface area contributed by atoms with Crippen LogP contribution in [0, 0.1) is 56.2 Å². The molecule has 6 nitrogen and oxygen atoms in total. The van der Waals surface area contributed by atoms with E-state index in [0.29, 0.717) is 24.2 Å². The lowest BCUT2D eigenvalue weighted by Crippen LogP contribution is -2.64. The van der Waals surface area contributed by atoms with Crippen molar-refractivity contribution in [2.75, 3.05) is 6.67 Å². The minimum absolute atomic E-state index is 0.00868. The Labute approximate surface area is 270 Å². The fraction of sp³-hybridized carbons (Fsp3) is 0.921. The van der Waals surface area contributed by atoms with Gasteiger partial charge in [-0.3, -0.25) is 4.79 Å². The summed E-state index contributed by atoms with van der Waals surface area (Å²) in [4.78, 5) is 12.9. The molecular formula is C38H61FO6. The Morgan fingerprint density at radius 3 is 2.18 bits per heavy atom. The van der Waals surface area contributed by atoms with Gasteiger partial charge in [-0.25, -0.2) is 4.39 Å². The fourth-order valence-electron chi connectivity index (χ4n) is 13.0. The minimum atomic E-state index is -1.41. The van der Waals surface area contributed by atoms with E-state index < -0.39 is 48.6 Å². The number of ether oxygens (including phenoxy) is 1. The number of aliphatic carboxylic acids is 1. The van der Waals surface area contributed by atoms with Crippen molar-refractivity contribution in [3.05, 3.63) is 11.6 Å². The number of rotatable bonds is 5. The van der Waals surface area contributed by atoms with Gasteiger partial charge in [-0.2, -0.15) is 0 Å². The van der Waals surface area contributed by atoms with E-state index in [-0.39, 0.29) is 33.0 Å². The van der Waals surface area contributed by atoms with Crippen LogP contribution in [0.1, 0.15) is 126 Å². The maximum absolute atomic E-state index is 13.5. The van der Waals surface area contributed by atoms with Crippen LogP contribution >= 0.6 is 0 Å². The number of hydrogen-bond donors (Lipinski definition) is 4. The first-order valence-corrected chi connectivity index (χ1v) is 18.1. The van der Waals surface area contributed by atoms with Gasteiger partial charge in [0.15, 0.2) is 0 Å². The van der Waals surface area contributed by atoms with Crippen molar-refractivity contribution < 1.29 is 34.3 Å². The van der Waals surface area contributed by atoms with E-state index in [1.54, 1.807) is 0 Å². The molecule has 7 unspecified atom stereocenters. The number of carbonyl (C=O) groups is 1. The number of carboxylic acids is 1. The standard InChI is InChI=1S/C38H61FO6/c1-33(2)16-18-38(32(43)44)19-17-36(6)23(24(38)20-33)9-11-28-35(5)14-12-22(34(3,4)27(35)13-15-37(28,36)7)8-10-25-29(40)31(42)30(41)26(21-39)45-25/h9,22,24-31,40-42H,8,10-21H2,1-7H3,(H,43,44)/t22?,24?,25-,26?,27?,28?,29?,30+,31?,35-,36+,37+,38-/m0/s1. The maximum atomic E-state index is 13.5. The van der Waals surface area contributed by atoms with E-state index in [0.717, 1.165) is 70.6 Å². The highest BCUT2D eigenvalue weighted by molar-refractivity contribution is 5.76. The van der Waals surface area contributed by atoms with Gasteiger partial charge in [-0.15, -0.1) is 0 Å². The molecule has 1 saturated heterocycles. The molecule has 6 aliphatic rings. The van der Waals surface area contributed by atoms with Gasteiger partial charge in [0.25, 0.3) is 0 Å². The number of hydrogen-bond acceptors (Lipinski definition) is 5. The zero-order chi connectivity index (χ0) is 33.0. The van der Waals surface area contributed by atoms with Crippen LogP contribution in [0.3, 0.4) is 0 Å². The van der Waals surface area contributed by atoms with Crippen molar-refractivity contribution in [2.24, 2.45) is 56.2 Å². The minimum Gasteiger partial charge on any atom is -0.481 e. The maximum Gasteiger partial charge on any atom is 0.310 e. The number of allylic oxidation sites excluding steroid dienone is 2. The van der Waals surface area contributed by atoms with E-state index in [1.165, 1.54) is 5.57 Å². The van der Waals surface area contributed by atoms with Crippen LogP contribution < -0.4 is 0 Å². The predicted molar refractivity (Wildman–Crippen MR) is 172 cm³/mol. The summed E-state index contributed by atoms with van der Waals surface area (Å²) < 4.78 is 19.3. The van der Waals surface area contributed by atoms with Crippen molar-refractivity contribution in [2.45, 2.75) is 156 Å². The monoisotopic (exact) mass is 632 g/mol. The molecule has 13 atom stereocenters. The van der Waals surface area contributed by atoms with E-state index in [1.807, 2.05) is 0 Å². The van der Waals surface area contributed by atoms with Gasteiger partial charge in [0.2, 0.25) is 0 Å². The smallest absolute Gasteiger partial charge is 0.310 e. The summed E-state index contributed by atoms with van der Waals surface area (Å²) in [6, 6.07) is 0. The molecule has 5 aliphatic carbocycles. The number of aliphatic hydroxyl groups excluding tert-OH is 3. The molecule has 0 aromatic heterocycles. The van der Waals surface area contributed by atoms with Crippen molar-refractivity contribution in [1.29, 1.82) is 0 Å². The predicted octanol–water partition coefficient (Wildman–Crippen LogP) is 7.09. The van der Waals surface area contributed by atoms with E-state index in [2.05, 4.69) is 54.5 Å². The van der Waals surface area contributed by atoms with Gasteiger partial charge in [0.05, 0.1) is 11.5 Å². The van der Waals surface area contributed by atoms with Crippen LogP contribution in [0.25, 0.3) is 0 Å². The molecule has 0 amide bonds. The van der Waals surface area contributed by atoms with Crippen LogP contribution in [-0.2, 0) is 9.53 Å². The third-order valence-corrected chi connectivity index (χ3v) is 16.1. The summed E-state index contributed by atoms with van der Waals surface area (Å²) >= 11 is 0. The first kappa shape index (κ1) is 33.9. The fourth-order valence-corrected chi connectivity index (χ4v) is 13.0. The molecule has 4 saturated carbocycles. The van der Waals surface area contributed by atoms with Crippen molar-refractivity contribution in [3.63, 3.8) is 0 Å². The lowest BCUT2D eigenvalue weighted by atomic mass is 9.33. The summed E-state index contributed by atoms with van der Waals surface area (Å²) in [5.41, 5.74) is 1.39. The summed E-state index contributed by atoms with van der Waals surface area (Å²) in [5, 5.41) is 41.7. The van der Waals surface area contributed by atoms with E-state index in [9.17, 15) is 29.6 Å². The molecule has 1 aliphatic heterocycles. The van der Waals surface area contributed by atoms with Gasteiger partial charge in [0, 0.05) is 0 Å². The van der Waals surface area contributed by atoms with Crippen molar-refractivity contribution in [3.8, 4) is 0 Å². The van der Waals surface area contributed by atoms with Gasteiger partial charge in [-0.1, -0.05) is 60.1 Å². The molecule has 256 valence electrons. The Kier molecular flexibility index (Phi) is 8.28. The summed E-state index contributed by atoms with van der Waals surface area (Å²) in [7, 11) is 0. The Bertz CT molecular complexity index is 1200. The average molecular weight is 633 g/mol. The second-order valence-corrected chi connectivity index (χ2v) is 18.7. The van der Waals surface area contributed by atoms with Crippen LogP contribution in [-0.4, -0.2) is 63.6 Å². The first-order valence-electron chi connectivity index (χ1n) is 18.1. The Balaban J connectivity index is 1.25. The lowest BCUT2D eigenvalue weighted by molar-refractivity contribution is -0.228. The third kappa shape index (κ3) is 4.77. The molecule has 0 spiro atoms. The largest absolute Gasteiger partial charge is 0.481 e. The number of alkyl halides is 1. The molecule has 0 radical (unpaired) electrons. The highest BCUT2D eigenvalue weighted by atomic mass is 19.1. The van der Waals surface area contributed by atoms with Crippen LogP contribution in [0.5, 0.6) is 0 Å². The molecule has 4 N–H and O–H groups in total. The SMILES string of the molecule is CC1(C)CC[C@]2(C(=O)O)CC[C@]3(C)C(=CCC4[C@@]5(C)CCC(CC[C@@H]6OC(CF)[C@@H](O)C(O)C6O)C(C)(C)C5CC[C@]43C)C2C1. The van der Waals surface area contributed by atoms with Crippen LogP contribution in [0.2, 0.25) is 0 Å². The summed E-state index contributed by atoms with van der Waals surface area (Å²) in [5.74, 6) is 1.05. The van der Waals surface area contributed by atoms with Crippen molar-refractivity contribution in [1.82, 2.24) is 0 Å². The normalized spacial score (nSPS) is 52.0. The molecule has 1 heterocycles. The first-order chi connectivity index (χ1) is 20.9. The molecular weight excluding hydrogens is 571 g/mol. The number of aliphatic hydroxyl groups is 3. The zero-order valence-corrected chi connectivity index (χ0v) is 28.9. The average Bonchev–Trinajstić information content (AvgIpc) is 2.96. The summed E-state index contributed by atoms with van der Waals surface area (Å²) in [6.07, 6.45) is 8.19. The number of halogens is 1. The molecule has 45 heavy (non-hydrogen) atoms. The molecule has 7 heteroatoms. The molecule has 0 aromatic rings.